The molecular weight excluding hydrogens is 503 g/mol. The summed E-state index contributed by atoms with van der Waals surface area (Å²) in [6, 6.07) is 9.36. The van der Waals surface area contributed by atoms with E-state index in [2.05, 4.69) is 43.7 Å². The van der Waals surface area contributed by atoms with E-state index < -0.39 is 23.9 Å². The maximum absolute atomic E-state index is 12.8. The van der Waals surface area contributed by atoms with Crippen LogP contribution in [0.5, 0.6) is 5.75 Å². The summed E-state index contributed by atoms with van der Waals surface area (Å²) in [5, 5.41) is 7.92. The summed E-state index contributed by atoms with van der Waals surface area (Å²) in [4.78, 5) is 13.3. The highest BCUT2D eigenvalue weighted by molar-refractivity contribution is 9.10. The second-order valence-corrected chi connectivity index (χ2v) is 7.96. The second kappa shape index (κ2) is 8.97. The maximum Gasteiger partial charge on any atom is 0.573 e. The van der Waals surface area contributed by atoms with Crippen LogP contribution in [0, 0.1) is 0 Å². The van der Waals surface area contributed by atoms with Gasteiger partial charge in [-0.05, 0) is 42.5 Å². The number of thiol groups is 1. The number of hydrogen-bond donors (Lipinski definition) is 2. The van der Waals surface area contributed by atoms with Crippen molar-refractivity contribution in [3.8, 4) is 5.75 Å². The van der Waals surface area contributed by atoms with E-state index in [-0.39, 0.29) is 18.1 Å². The van der Waals surface area contributed by atoms with Crippen LogP contribution in [0.2, 0.25) is 0 Å². The molecule has 0 radical (unpaired) electrons. The van der Waals surface area contributed by atoms with E-state index in [1.54, 1.807) is 25.1 Å². The third-order valence-electron chi connectivity index (χ3n) is 4.16. The molecule has 1 heterocycles. The zero-order valence-corrected chi connectivity index (χ0v) is 18.7. The summed E-state index contributed by atoms with van der Waals surface area (Å²) in [6.45, 7) is 1.60. The van der Waals surface area contributed by atoms with Crippen LogP contribution in [-0.4, -0.2) is 42.7 Å². The fraction of sp³-hybridized carbons (Fsp3) is 0.263. The van der Waals surface area contributed by atoms with Crippen LogP contribution in [0.1, 0.15) is 12.5 Å². The molecule has 2 amide bonds. The van der Waals surface area contributed by atoms with Gasteiger partial charge in [0.1, 0.15) is 12.3 Å². The van der Waals surface area contributed by atoms with Gasteiger partial charge in [-0.1, -0.05) is 15.9 Å². The van der Waals surface area contributed by atoms with E-state index in [1.807, 2.05) is 0 Å². The fourth-order valence-corrected chi connectivity index (χ4v) is 3.21. The Bertz CT molecular complexity index is 1000. The summed E-state index contributed by atoms with van der Waals surface area (Å²) in [6.07, 6.45) is -4.80. The van der Waals surface area contributed by atoms with Gasteiger partial charge in [0.25, 0.3) is 0 Å². The highest BCUT2D eigenvalue weighted by Crippen LogP contribution is 2.28. The Morgan fingerprint density at radius 1 is 1.29 bits per heavy atom. The molecule has 1 atom stereocenters. The van der Waals surface area contributed by atoms with Gasteiger partial charge in [0.05, 0.1) is 5.56 Å². The number of amides is 2. The lowest BCUT2D eigenvalue weighted by molar-refractivity contribution is -0.274. The summed E-state index contributed by atoms with van der Waals surface area (Å²) in [5.41, 5.74) is 0.784. The van der Waals surface area contributed by atoms with Crippen molar-refractivity contribution in [3.63, 3.8) is 0 Å². The number of carbonyl (C=O) groups excluding carboxylic acids is 1. The molecule has 7 nitrogen and oxygen atoms in total. The third kappa shape index (κ3) is 6.05. The van der Waals surface area contributed by atoms with Gasteiger partial charge >= 0.3 is 12.4 Å². The molecule has 0 bridgehead atoms. The van der Waals surface area contributed by atoms with E-state index in [4.69, 9.17) is 9.47 Å². The van der Waals surface area contributed by atoms with Crippen molar-refractivity contribution in [3.05, 3.63) is 52.5 Å². The molecule has 166 valence electrons. The molecule has 12 heteroatoms. The van der Waals surface area contributed by atoms with Crippen LogP contribution in [0.3, 0.4) is 0 Å². The van der Waals surface area contributed by atoms with Gasteiger partial charge in [-0.15, -0.1) is 30.9 Å². The van der Waals surface area contributed by atoms with E-state index in [9.17, 15) is 18.0 Å². The number of methoxy groups -OCH3 is 1. The Balaban J connectivity index is 1.82. The van der Waals surface area contributed by atoms with Crippen LogP contribution in [-0.2, 0) is 9.47 Å². The van der Waals surface area contributed by atoms with Crippen molar-refractivity contribution >= 4 is 46.2 Å². The Kier molecular flexibility index (Phi) is 6.72. The Morgan fingerprint density at radius 3 is 2.58 bits per heavy atom. The summed E-state index contributed by atoms with van der Waals surface area (Å²) >= 11 is 7.78. The molecule has 1 unspecified atom stereocenters. The number of urea groups is 1. The minimum Gasteiger partial charge on any atom is -0.442 e. The van der Waals surface area contributed by atoms with Crippen molar-refractivity contribution < 1.29 is 32.2 Å². The zero-order chi connectivity index (χ0) is 22.8. The minimum absolute atomic E-state index is 0.0377. The first-order valence-electron chi connectivity index (χ1n) is 8.74. The number of halogens is 4. The van der Waals surface area contributed by atoms with Gasteiger partial charge in [0, 0.05) is 29.1 Å². The number of hydrazone groups is 1. The monoisotopic (exact) mass is 519 g/mol. The van der Waals surface area contributed by atoms with Gasteiger partial charge in [0.15, 0.2) is 0 Å². The summed E-state index contributed by atoms with van der Waals surface area (Å²) < 4.78 is 52.7. The average Bonchev–Trinajstić information content (AvgIpc) is 2.69. The molecule has 1 N–H and O–H groups in total. The van der Waals surface area contributed by atoms with Gasteiger partial charge in [0.2, 0.25) is 11.7 Å². The SMILES string of the molecule is COC1(C)CN(C(=O)Nc2ccc(OC(F)(F)F)cc2)N=C(c2cc(Br)ccc2S)O1. The van der Waals surface area contributed by atoms with Crippen LogP contribution in [0.4, 0.5) is 23.7 Å². The average molecular weight is 520 g/mol. The van der Waals surface area contributed by atoms with Crippen LogP contribution >= 0.6 is 28.6 Å². The number of carbonyl (C=O) groups is 1. The molecular formula is C19H17BrF3N3O4S. The Labute approximate surface area is 189 Å². The predicted octanol–water partition coefficient (Wildman–Crippen LogP) is 5.22. The molecule has 0 aliphatic carbocycles. The maximum atomic E-state index is 12.8. The molecule has 1 aliphatic rings. The third-order valence-corrected chi connectivity index (χ3v) is 5.04. The molecule has 31 heavy (non-hydrogen) atoms. The van der Waals surface area contributed by atoms with E-state index in [0.29, 0.717) is 10.5 Å². The topological polar surface area (TPSA) is 72.4 Å². The molecule has 1 aliphatic heterocycles. The summed E-state index contributed by atoms with van der Waals surface area (Å²) in [7, 11) is 1.43. The van der Waals surface area contributed by atoms with Crippen molar-refractivity contribution in [1.29, 1.82) is 0 Å². The second-order valence-electron chi connectivity index (χ2n) is 6.57. The highest BCUT2D eigenvalue weighted by Gasteiger charge is 2.38. The van der Waals surface area contributed by atoms with E-state index in [0.717, 1.165) is 21.6 Å². The van der Waals surface area contributed by atoms with Crippen molar-refractivity contribution in [2.24, 2.45) is 5.10 Å². The van der Waals surface area contributed by atoms with E-state index >= 15 is 0 Å². The quantitative estimate of drug-likeness (QED) is 0.543. The van der Waals surface area contributed by atoms with Crippen molar-refractivity contribution in [1.82, 2.24) is 5.01 Å². The number of nitrogens with one attached hydrogen (secondary N) is 1. The molecule has 2 aromatic rings. The summed E-state index contributed by atoms with van der Waals surface area (Å²) in [5.74, 6) is -1.48. The first-order chi connectivity index (χ1) is 14.5. The number of anilines is 1. The molecule has 2 aromatic carbocycles. The zero-order valence-electron chi connectivity index (χ0n) is 16.2. The van der Waals surface area contributed by atoms with Gasteiger partial charge in [-0.3, -0.25) is 0 Å². The van der Waals surface area contributed by atoms with Crippen molar-refractivity contribution in [2.75, 3.05) is 19.0 Å². The molecule has 0 fully saturated rings. The number of rotatable bonds is 4. The number of hydrogen-bond acceptors (Lipinski definition) is 6. The molecule has 0 spiro atoms. The smallest absolute Gasteiger partial charge is 0.442 e. The number of benzene rings is 2. The van der Waals surface area contributed by atoms with Crippen LogP contribution in [0.15, 0.2) is 56.9 Å². The lowest BCUT2D eigenvalue weighted by Crippen LogP contribution is -2.51. The lowest BCUT2D eigenvalue weighted by atomic mass is 10.2. The minimum atomic E-state index is -4.80. The molecule has 0 saturated carbocycles. The standard InChI is InChI=1S/C19H17BrF3N3O4S/c1-18(28-2)10-26(25-16(30-18)14-9-11(20)3-8-15(14)31)17(27)24-12-4-6-13(7-5-12)29-19(21,22)23/h3-9,31H,10H2,1-2H3,(H,24,27). The Morgan fingerprint density at radius 2 is 1.97 bits per heavy atom. The predicted molar refractivity (Wildman–Crippen MR) is 113 cm³/mol. The highest BCUT2D eigenvalue weighted by atomic mass is 79.9. The molecule has 0 aromatic heterocycles. The first-order valence-corrected chi connectivity index (χ1v) is 9.98. The van der Waals surface area contributed by atoms with Crippen LogP contribution < -0.4 is 10.1 Å². The number of nitrogens with zero attached hydrogens (tertiary/aromatic N) is 2. The molecule has 3 rings (SSSR count). The number of alkyl halides is 3. The lowest BCUT2D eigenvalue weighted by Gasteiger charge is -2.37. The number of ether oxygens (including phenoxy) is 3. The molecule has 0 saturated heterocycles. The van der Waals surface area contributed by atoms with Gasteiger partial charge < -0.3 is 19.5 Å². The Hall–Kier alpha value is -2.44. The van der Waals surface area contributed by atoms with E-state index in [1.165, 1.54) is 19.2 Å². The van der Waals surface area contributed by atoms with Gasteiger partial charge in [-0.2, -0.15) is 0 Å². The first kappa shape index (κ1) is 23.2. The van der Waals surface area contributed by atoms with Crippen molar-refractivity contribution in [2.45, 2.75) is 24.0 Å². The largest absolute Gasteiger partial charge is 0.573 e. The normalized spacial score (nSPS) is 18.8. The van der Waals surface area contributed by atoms with Gasteiger partial charge in [-0.25, -0.2) is 9.80 Å². The van der Waals surface area contributed by atoms with Crippen LogP contribution in [0.25, 0.3) is 0 Å². The fourth-order valence-electron chi connectivity index (χ4n) is 2.61.